The van der Waals surface area contributed by atoms with Gasteiger partial charge in [0.25, 0.3) is 0 Å². The highest BCUT2D eigenvalue weighted by Gasteiger charge is 2.22. The second-order valence-corrected chi connectivity index (χ2v) is 7.32. The monoisotopic (exact) mass is 394 g/mol. The SMILES string of the molecule is CN=C(NCc1csc(N(C)C)n1)N1CCN(c2cc(F)ccc2F)CC1. The smallest absolute Gasteiger partial charge is 0.194 e. The van der Waals surface area contributed by atoms with Gasteiger partial charge in [0.15, 0.2) is 11.1 Å². The number of aliphatic imine (C=N–C) groups is 1. The van der Waals surface area contributed by atoms with Gasteiger partial charge in [-0.25, -0.2) is 13.8 Å². The van der Waals surface area contributed by atoms with E-state index in [1.807, 2.05) is 29.3 Å². The van der Waals surface area contributed by atoms with Crippen molar-refractivity contribution in [2.75, 3.05) is 57.1 Å². The molecule has 1 saturated heterocycles. The molecular formula is C18H24F2N6S. The summed E-state index contributed by atoms with van der Waals surface area (Å²) < 4.78 is 27.4. The third-order valence-electron chi connectivity index (χ3n) is 4.39. The van der Waals surface area contributed by atoms with Crippen LogP contribution in [0, 0.1) is 11.6 Å². The van der Waals surface area contributed by atoms with Crippen molar-refractivity contribution in [3.05, 3.63) is 40.9 Å². The predicted octanol–water partition coefficient (Wildman–Crippen LogP) is 2.38. The summed E-state index contributed by atoms with van der Waals surface area (Å²) in [6.45, 7) is 3.14. The number of hydrogen-bond donors (Lipinski definition) is 1. The maximum absolute atomic E-state index is 14.0. The Bertz CT molecular complexity index is 799. The quantitative estimate of drug-likeness (QED) is 0.637. The average molecular weight is 394 g/mol. The van der Waals surface area contributed by atoms with E-state index < -0.39 is 11.6 Å². The van der Waals surface area contributed by atoms with E-state index >= 15 is 0 Å². The molecule has 9 heteroatoms. The summed E-state index contributed by atoms with van der Waals surface area (Å²) in [5.74, 6) is -0.0342. The lowest BCUT2D eigenvalue weighted by Crippen LogP contribution is -2.52. The molecule has 0 bridgehead atoms. The molecule has 2 aromatic rings. The standard InChI is InChI=1S/C18H24F2N6S/c1-21-17(22-11-14-12-27-18(23-14)24(2)3)26-8-6-25(7-9-26)16-10-13(19)4-5-15(16)20/h4-5,10,12H,6-9,11H2,1-3H3,(H,21,22). The van der Waals surface area contributed by atoms with Gasteiger partial charge in [-0.2, -0.15) is 0 Å². The number of piperazine rings is 1. The minimum absolute atomic E-state index is 0.316. The summed E-state index contributed by atoms with van der Waals surface area (Å²) in [7, 11) is 5.68. The van der Waals surface area contributed by atoms with E-state index in [0.717, 1.165) is 22.9 Å². The van der Waals surface area contributed by atoms with Crippen LogP contribution in [0.25, 0.3) is 0 Å². The summed E-state index contributed by atoms with van der Waals surface area (Å²) >= 11 is 1.60. The number of thiazole rings is 1. The van der Waals surface area contributed by atoms with Crippen LogP contribution in [-0.2, 0) is 6.54 Å². The summed E-state index contributed by atoms with van der Waals surface area (Å²) in [6.07, 6.45) is 0. The van der Waals surface area contributed by atoms with Gasteiger partial charge in [0.1, 0.15) is 11.6 Å². The molecule has 1 N–H and O–H groups in total. The summed E-state index contributed by atoms with van der Waals surface area (Å²) in [5.41, 5.74) is 1.28. The second-order valence-electron chi connectivity index (χ2n) is 6.49. The van der Waals surface area contributed by atoms with E-state index in [1.54, 1.807) is 18.4 Å². The van der Waals surface area contributed by atoms with E-state index in [4.69, 9.17) is 0 Å². The topological polar surface area (TPSA) is 47.0 Å². The lowest BCUT2D eigenvalue weighted by Gasteiger charge is -2.37. The molecule has 0 radical (unpaired) electrons. The highest BCUT2D eigenvalue weighted by atomic mass is 32.1. The van der Waals surface area contributed by atoms with Crippen molar-refractivity contribution in [2.24, 2.45) is 4.99 Å². The summed E-state index contributed by atoms with van der Waals surface area (Å²) in [4.78, 5) is 14.9. The van der Waals surface area contributed by atoms with Crippen molar-refractivity contribution in [1.82, 2.24) is 15.2 Å². The summed E-state index contributed by atoms with van der Waals surface area (Å²) in [5, 5.41) is 6.33. The number of guanidine groups is 1. The highest BCUT2D eigenvalue weighted by Crippen LogP contribution is 2.22. The zero-order chi connectivity index (χ0) is 19.4. The zero-order valence-corrected chi connectivity index (χ0v) is 16.6. The molecule has 27 heavy (non-hydrogen) atoms. The fraction of sp³-hybridized carbons (Fsp3) is 0.444. The van der Waals surface area contributed by atoms with E-state index in [0.29, 0.717) is 38.4 Å². The predicted molar refractivity (Wildman–Crippen MR) is 107 cm³/mol. The normalized spacial score (nSPS) is 15.2. The van der Waals surface area contributed by atoms with Gasteiger partial charge >= 0.3 is 0 Å². The molecular weight excluding hydrogens is 370 g/mol. The van der Waals surface area contributed by atoms with Crippen LogP contribution >= 0.6 is 11.3 Å². The molecule has 0 spiro atoms. The average Bonchev–Trinajstić information content (AvgIpc) is 3.14. The van der Waals surface area contributed by atoms with Gasteiger partial charge in [0.2, 0.25) is 0 Å². The molecule has 1 aliphatic rings. The van der Waals surface area contributed by atoms with Gasteiger partial charge < -0.3 is 20.0 Å². The first kappa shape index (κ1) is 19.3. The van der Waals surface area contributed by atoms with Crippen molar-refractivity contribution in [2.45, 2.75) is 6.54 Å². The van der Waals surface area contributed by atoms with E-state index in [-0.39, 0.29) is 0 Å². The fourth-order valence-electron chi connectivity index (χ4n) is 2.97. The first-order valence-corrected chi connectivity index (χ1v) is 9.63. The van der Waals surface area contributed by atoms with Crippen LogP contribution in [0.15, 0.2) is 28.6 Å². The maximum Gasteiger partial charge on any atom is 0.194 e. The number of nitrogens with zero attached hydrogens (tertiary/aromatic N) is 5. The van der Waals surface area contributed by atoms with Crippen molar-refractivity contribution in [1.29, 1.82) is 0 Å². The van der Waals surface area contributed by atoms with Crippen molar-refractivity contribution >= 4 is 28.1 Å². The molecule has 2 heterocycles. The van der Waals surface area contributed by atoms with Gasteiger partial charge in [-0.1, -0.05) is 0 Å². The molecule has 1 aromatic carbocycles. The van der Waals surface area contributed by atoms with Gasteiger partial charge in [-0.05, 0) is 12.1 Å². The van der Waals surface area contributed by atoms with Crippen molar-refractivity contribution < 1.29 is 8.78 Å². The Labute approximate surface area is 162 Å². The number of nitrogens with one attached hydrogen (secondary N) is 1. The van der Waals surface area contributed by atoms with Gasteiger partial charge in [0, 0.05) is 58.8 Å². The molecule has 1 aliphatic heterocycles. The third kappa shape index (κ3) is 4.65. The second kappa shape index (κ2) is 8.51. The Kier molecular flexibility index (Phi) is 6.10. The molecule has 3 rings (SSSR count). The molecule has 0 atom stereocenters. The van der Waals surface area contributed by atoms with Crippen molar-refractivity contribution in [3.8, 4) is 0 Å². The minimum Gasteiger partial charge on any atom is -0.366 e. The number of rotatable bonds is 4. The van der Waals surface area contributed by atoms with Crippen molar-refractivity contribution in [3.63, 3.8) is 0 Å². The lowest BCUT2D eigenvalue weighted by molar-refractivity contribution is 0.370. The maximum atomic E-state index is 14.0. The largest absolute Gasteiger partial charge is 0.366 e. The third-order valence-corrected chi connectivity index (χ3v) is 5.45. The fourth-order valence-corrected chi connectivity index (χ4v) is 3.73. The first-order chi connectivity index (χ1) is 13.0. The van der Waals surface area contributed by atoms with Crippen LogP contribution in [0.1, 0.15) is 5.69 Å². The number of aromatic nitrogens is 1. The van der Waals surface area contributed by atoms with Gasteiger partial charge in [-0.15, -0.1) is 11.3 Å². The number of halogens is 2. The van der Waals surface area contributed by atoms with Gasteiger partial charge in [-0.3, -0.25) is 4.99 Å². The Hall–Kier alpha value is -2.42. The lowest BCUT2D eigenvalue weighted by atomic mass is 10.2. The molecule has 146 valence electrons. The molecule has 1 aromatic heterocycles. The van der Waals surface area contributed by atoms with Crippen LogP contribution in [-0.4, -0.2) is 63.2 Å². The van der Waals surface area contributed by atoms with Crippen LogP contribution < -0.4 is 15.1 Å². The van der Waals surface area contributed by atoms with Crippen LogP contribution in [0.3, 0.4) is 0 Å². The Morgan fingerprint density at radius 3 is 2.63 bits per heavy atom. The number of benzene rings is 1. The molecule has 0 amide bonds. The molecule has 6 nitrogen and oxygen atoms in total. The zero-order valence-electron chi connectivity index (χ0n) is 15.7. The molecule has 1 fully saturated rings. The Morgan fingerprint density at radius 2 is 2.00 bits per heavy atom. The van der Waals surface area contributed by atoms with E-state index in [2.05, 4.69) is 20.2 Å². The Morgan fingerprint density at radius 1 is 1.26 bits per heavy atom. The van der Waals surface area contributed by atoms with E-state index in [9.17, 15) is 8.78 Å². The first-order valence-electron chi connectivity index (χ1n) is 8.75. The molecule has 0 aliphatic carbocycles. The van der Waals surface area contributed by atoms with Crippen LogP contribution in [0.2, 0.25) is 0 Å². The number of anilines is 2. The minimum atomic E-state index is -0.424. The van der Waals surface area contributed by atoms with Crippen LogP contribution in [0.5, 0.6) is 0 Å². The Balaban J connectivity index is 1.56. The molecule has 0 saturated carbocycles. The van der Waals surface area contributed by atoms with Crippen LogP contribution in [0.4, 0.5) is 19.6 Å². The highest BCUT2D eigenvalue weighted by molar-refractivity contribution is 7.13. The summed E-state index contributed by atoms with van der Waals surface area (Å²) in [6, 6.07) is 3.57. The molecule has 0 unspecified atom stereocenters. The number of hydrogen-bond acceptors (Lipinski definition) is 5. The van der Waals surface area contributed by atoms with Gasteiger partial charge in [0.05, 0.1) is 17.9 Å². The van der Waals surface area contributed by atoms with E-state index in [1.165, 1.54) is 12.1 Å².